The van der Waals surface area contributed by atoms with Crippen LogP contribution in [0.5, 0.6) is 0 Å². The number of imidazole rings is 1. The number of nitrogens with zero attached hydrogens (tertiary/aromatic N) is 4. The van der Waals surface area contributed by atoms with Gasteiger partial charge in [0.1, 0.15) is 6.10 Å². The standard InChI is InChI=1S/C13H15N4O3/c1-7-10-13(15-5-14-7)17(6-16-10)9-3-8(4-20-2)11(18)12(9)19/h3,5-6,9,11-12,18-19H,1,4H2,2H3/q-1. The first-order valence-corrected chi connectivity index (χ1v) is 6.18. The van der Waals surface area contributed by atoms with Gasteiger partial charge in [0.2, 0.25) is 0 Å². The zero-order chi connectivity index (χ0) is 14.3. The van der Waals surface area contributed by atoms with E-state index in [0.29, 0.717) is 22.8 Å². The molecule has 2 N–H and O–H groups in total. The largest absolute Gasteiger partial charge is 0.389 e. The number of ether oxygens (including phenoxy) is 1. The number of methoxy groups -OCH3 is 1. The van der Waals surface area contributed by atoms with E-state index in [1.54, 1.807) is 24.1 Å². The van der Waals surface area contributed by atoms with Crippen molar-refractivity contribution in [3.63, 3.8) is 0 Å². The number of fused-ring (bicyclic) bond motifs is 1. The monoisotopic (exact) mass is 275 g/mol. The van der Waals surface area contributed by atoms with Crippen LogP contribution in [0.1, 0.15) is 11.7 Å². The summed E-state index contributed by atoms with van der Waals surface area (Å²) >= 11 is 0. The third-order valence-corrected chi connectivity index (χ3v) is 3.50. The Kier molecular flexibility index (Phi) is 3.17. The van der Waals surface area contributed by atoms with Crippen LogP contribution >= 0.6 is 0 Å². The molecule has 0 spiro atoms. The first-order valence-electron chi connectivity index (χ1n) is 6.18. The Morgan fingerprint density at radius 1 is 1.50 bits per heavy atom. The fourth-order valence-electron chi connectivity index (χ4n) is 2.49. The molecule has 1 aromatic rings. The smallest absolute Gasteiger partial charge is 0.104 e. The van der Waals surface area contributed by atoms with Crippen molar-refractivity contribution in [2.45, 2.75) is 18.2 Å². The fraction of sp³-hybridized carbons (Fsp3) is 0.385. The van der Waals surface area contributed by atoms with Crippen LogP contribution in [-0.2, 0) is 4.74 Å². The number of aliphatic imine (C=N–C) groups is 1. The van der Waals surface area contributed by atoms with E-state index in [1.807, 2.05) is 0 Å². The molecule has 7 nitrogen and oxygen atoms in total. The van der Waals surface area contributed by atoms with Crippen molar-refractivity contribution in [1.29, 1.82) is 0 Å². The summed E-state index contributed by atoms with van der Waals surface area (Å²) in [5.74, 6) is 0.580. The minimum absolute atomic E-state index is 0.275. The molecule has 1 aliphatic heterocycles. The highest BCUT2D eigenvalue weighted by molar-refractivity contribution is 5.94. The molecule has 1 aliphatic carbocycles. The molecule has 3 unspecified atom stereocenters. The Balaban J connectivity index is 1.97. The molecule has 0 amide bonds. The van der Waals surface area contributed by atoms with Crippen LogP contribution in [0.3, 0.4) is 0 Å². The zero-order valence-electron chi connectivity index (χ0n) is 11.0. The molecule has 1 aromatic heterocycles. The van der Waals surface area contributed by atoms with E-state index in [9.17, 15) is 10.2 Å². The first kappa shape index (κ1) is 13.0. The zero-order valence-corrected chi connectivity index (χ0v) is 11.0. The third kappa shape index (κ3) is 1.87. The lowest BCUT2D eigenvalue weighted by Gasteiger charge is -2.26. The van der Waals surface area contributed by atoms with Crippen molar-refractivity contribution in [2.75, 3.05) is 13.7 Å². The second kappa shape index (κ2) is 4.86. The maximum absolute atomic E-state index is 10.2. The SMILES string of the molecule is C=C1N=C[N-]c2c1ncn2C1C=C(COC)C(O)C1O. The molecular weight excluding hydrogens is 260 g/mol. The predicted octanol–water partition coefficient (Wildman–Crippen LogP) is 0.750. The van der Waals surface area contributed by atoms with E-state index in [-0.39, 0.29) is 6.61 Å². The summed E-state index contributed by atoms with van der Waals surface area (Å²) in [7, 11) is 1.54. The summed E-state index contributed by atoms with van der Waals surface area (Å²) in [5.41, 5.74) is 1.77. The van der Waals surface area contributed by atoms with Crippen molar-refractivity contribution >= 4 is 17.9 Å². The van der Waals surface area contributed by atoms with Gasteiger partial charge in [-0.3, -0.25) is 4.98 Å². The molecule has 0 saturated heterocycles. The molecule has 20 heavy (non-hydrogen) atoms. The van der Waals surface area contributed by atoms with Crippen molar-refractivity contribution < 1.29 is 14.9 Å². The van der Waals surface area contributed by atoms with Gasteiger partial charge in [-0.1, -0.05) is 12.7 Å². The summed E-state index contributed by atoms with van der Waals surface area (Å²) in [6, 6.07) is -0.436. The number of hydrogen-bond donors (Lipinski definition) is 2. The van der Waals surface area contributed by atoms with Gasteiger partial charge in [-0.25, -0.2) is 0 Å². The highest BCUT2D eigenvalue weighted by Crippen LogP contribution is 2.38. The maximum Gasteiger partial charge on any atom is 0.104 e. The Morgan fingerprint density at radius 2 is 2.30 bits per heavy atom. The molecule has 2 aliphatic rings. The number of hydrogen-bond acceptors (Lipinski definition) is 5. The average molecular weight is 275 g/mol. The van der Waals surface area contributed by atoms with Gasteiger partial charge in [0.05, 0.1) is 18.4 Å². The van der Waals surface area contributed by atoms with E-state index >= 15 is 0 Å². The van der Waals surface area contributed by atoms with E-state index in [4.69, 9.17) is 4.74 Å². The molecule has 0 radical (unpaired) electrons. The topological polar surface area (TPSA) is 94.0 Å². The van der Waals surface area contributed by atoms with Crippen LogP contribution in [-0.4, -0.2) is 52.0 Å². The van der Waals surface area contributed by atoms with Gasteiger partial charge in [-0.2, -0.15) is 0 Å². The lowest BCUT2D eigenvalue weighted by Crippen LogP contribution is -2.30. The number of rotatable bonds is 3. The van der Waals surface area contributed by atoms with E-state index in [0.717, 1.165) is 0 Å². The Bertz CT molecular complexity index is 605. The van der Waals surface area contributed by atoms with Crippen LogP contribution in [0.2, 0.25) is 0 Å². The number of aliphatic hydroxyl groups is 2. The summed E-state index contributed by atoms with van der Waals surface area (Å²) in [5, 5.41) is 24.4. The van der Waals surface area contributed by atoms with Gasteiger partial charge in [0.25, 0.3) is 0 Å². The molecule has 3 atom stereocenters. The average Bonchev–Trinajstić information content (AvgIpc) is 2.97. The van der Waals surface area contributed by atoms with Crippen molar-refractivity contribution in [2.24, 2.45) is 4.99 Å². The van der Waals surface area contributed by atoms with Crippen molar-refractivity contribution in [1.82, 2.24) is 9.55 Å². The van der Waals surface area contributed by atoms with E-state index in [1.165, 1.54) is 6.34 Å². The van der Waals surface area contributed by atoms with Gasteiger partial charge < -0.3 is 29.8 Å². The van der Waals surface area contributed by atoms with Crippen LogP contribution in [0, 0.1) is 0 Å². The van der Waals surface area contributed by atoms with Crippen molar-refractivity contribution in [3.05, 3.63) is 35.6 Å². The number of aliphatic hydroxyl groups excluding tert-OH is 2. The summed E-state index contributed by atoms with van der Waals surface area (Å²) in [4.78, 5) is 8.20. The molecule has 0 saturated carbocycles. The molecule has 0 bridgehead atoms. The van der Waals surface area contributed by atoms with Gasteiger partial charge in [-0.15, -0.1) is 0 Å². The van der Waals surface area contributed by atoms with Crippen molar-refractivity contribution in [3.8, 4) is 0 Å². The lowest BCUT2D eigenvalue weighted by atomic mass is 10.1. The molecule has 3 rings (SSSR count). The fourth-order valence-corrected chi connectivity index (χ4v) is 2.49. The number of aromatic nitrogens is 2. The predicted molar refractivity (Wildman–Crippen MR) is 73.8 cm³/mol. The lowest BCUT2D eigenvalue weighted by molar-refractivity contribution is 0.0268. The maximum atomic E-state index is 10.2. The van der Waals surface area contributed by atoms with Gasteiger partial charge >= 0.3 is 0 Å². The molecule has 106 valence electrons. The summed E-state index contributed by atoms with van der Waals surface area (Å²) in [6.45, 7) is 4.07. The van der Waals surface area contributed by atoms with Crippen LogP contribution in [0.25, 0.3) is 11.0 Å². The minimum Gasteiger partial charge on any atom is -0.389 e. The van der Waals surface area contributed by atoms with E-state index in [2.05, 4.69) is 21.9 Å². The van der Waals surface area contributed by atoms with Crippen LogP contribution < -0.4 is 0 Å². The van der Waals surface area contributed by atoms with E-state index < -0.39 is 18.2 Å². The third-order valence-electron chi connectivity index (χ3n) is 3.50. The van der Waals surface area contributed by atoms with Crippen LogP contribution in [0.4, 0.5) is 5.82 Å². The second-order valence-electron chi connectivity index (χ2n) is 4.75. The molecule has 0 fully saturated rings. The Labute approximate surface area is 115 Å². The normalized spacial score (nSPS) is 28.2. The highest BCUT2D eigenvalue weighted by Gasteiger charge is 2.34. The molecule has 0 aromatic carbocycles. The van der Waals surface area contributed by atoms with Gasteiger partial charge in [0.15, 0.2) is 0 Å². The molecular formula is C13H15N4O3-. The first-order chi connectivity index (χ1) is 9.63. The minimum atomic E-state index is -0.958. The summed E-state index contributed by atoms with van der Waals surface area (Å²) in [6.07, 6.45) is 2.85. The quantitative estimate of drug-likeness (QED) is 0.796. The summed E-state index contributed by atoms with van der Waals surface area (Å²) < 4.78 is 6.73. The Morgan fingerprint density at radius 3 is 3.05 bits per heavy atom. The Hall–Kier alpha value is -1.96. The molecule has 7 heteroatoms. The van der Waals surface area contributed by atoms with Gasteiger partial charge in [0, 0.05) is 31.0 Å². The van der Waals surface area contributed by atoms with Crippen LogP contribution in [0.15, 0.2) is 29.5 Å². The highest BCUT2D eigenvalue weighted by atomic mass is 16.5. The van der Waals surface area contributed by atoms with Gasteiger partial charge in [-0.05, 0) is 11.9 Å². The second-order valence-corrected chi connectivity index (χ2v) is 4.75. The molecule has 2 heterocycles.